The number of carbonyl (C=O) groups is 1. The molecule has 1 aromatic carbocycles. The number of aliphatic hydroxyl groups excluding tert-OH is 1. The molecule has 110 valence electrons. The average Bonchev–Trinajstić information content (AvgIpc) is 3.27. The molecule has 0 radical (unpaired) electrons. The number of hydrogen-bond donors (Lipinski definition) is 1. The van der Waals surface area contributed by atoms with Crippen LogP contribution < -0.4 is 9.47 Å². The van der Waals surface area contributed by atoms with E-state index in [-0.39, 0.29) is 12.5 Å². The van der Waals surface area contributed by atoms with Crippen molar-refractivity contribution < 1.29 is 19.4 Å². The van der Waals surface area contributed by atoms with Crippen LogP contribution in [0.1, 0.15) is 18.4 Å². The van der Waals surface area contributed by atoms with Crippen LogP contribution in [0.2, 0.25) is 0 Å². The van der Waals surface area contributed by atoms with Crippen molar-refractivity contribution in [3.63, 3.8) is 0 Å². The zero-order chi connectivity index (χ0) is 14.8. The number of ether oxygens (including phenoxy) is 2. The van der Waals surface area contributed by atoms with Crippen LogP contribution in [0.15, 0.2) is 18.2 Å². The van der Waals surface area contributed by atoms with Crippen molar-refractivity contribution in [3.8, 4) is 11.5 Å². The average molecular weight is 279 g/mol. The smallest absolute Gasteiger partial charge is 0.233 e. The van der Waals surface area contributed by atoms with E-state index in [1.807, 2.05) is 18.2 Å². The minimum Gasteiger partial charge on any atom is -0.493 e. The Morgan fingerprint density at radius 1 is 1.30 bits per heavy atom. The maximum atomic E-state index is 12.5. The van der Waals surface area contributed by atoms with Crippen molar-refractivity contribution >= 4 is 5.91 Å². The van der Waals surface area contributed by atoms with Gasteiger partial charge >= 0.3 is 0 Å². The highest BCUT2D eigenvalue weighted by molar-refractivity contribution is 5.91. The van der Waals surface area contributed by atoms with Gasteiger partial charge in [0.2, 0.25) is 5.91 Å². The van der Waals surface area contributed by atoms with E-state index in [0.29, 0.717) is 18.0 Å². The number of likely N-dealkylation sites (N-methyl/N-ethyl adjacent to an activating group) is 1. The summed E-state index contributed by atoms with van der Waals surface area (Å²) in [6.07, 6.45) is 1.66. The van der Waals surface area contributed by atoms with Crippen molar-refractivity contribution in [2.75, 3.05) is 34.4 Å². The third kappa shape index (κ3) is 2.45. The lowest BCUT2D eigenvalue weighted by Crippen LogP contribution is -2.38. The molecule has 2 rings (SSSR count). The summed E-state index contributed by atoms with van der Waals surface area (Å²) < 4.78 is 10.5. The fourth-order valence-electron chi connectivity index (χ4n) is 2.50. The van der Waals surface area contributed by atoms with E-state index >= 15 is 0 Å². The van der Waals surface area contributed by atoms with E-state index < -0.39 is 5.41 Å². The molecule has 5 nitrogen and oxygen atoms in total. The van der Waals surface area contributed by atoms with E-state index in [0.717, 1.165) is 18.4 Å². The summed E-state index contributed by atoms with van der Waals surface area (Å²) >= 11 is 0. The van der Waals surface area contributed by atoms with Crippen LogP contribution in [0.5, 0.6) is 11.5 Å². The van der Waals surface area contributed by atoms with Crippen molar-refractivity contribution in [1.29, 1.82) is 0 Å². The number of aliphatic hydroxyl groups is 1. The van der Waals surface area contributed by atoms with Crippen molar-refractivity contribution in [2.45, 2.75) is 18.3 Å². The second-order valence-corrected chi connectivity index (χ2v) is 5.10. The lowest BCUT2D eigenvalue weighted by Gasteiger charge is -2.23. The van der Waals surface area contributed by atoms with E-state index in [9.17, 15) is 4.79 Å². The van der Waals surface area contributed by atoms with Crippen LogP contribution in [0.4, 0.5) is 0 Å². The first-order valence-electron chi connectivity index (χ1n) is 6.68. The molecule has 5 heteroatoms. The van der Waals surface area contributed by atoms with Crippen LogP contribution >= 0.6 is 0 Å². The predicted molar refractivity (Wildman–Crippen MR) is 75.2 cm³/mol. The molecule has 0 unspecified atom stereocenters. The van der Waals surface area contributed by atoms with Gasteiger partial charge in [0.1, 0.15) is 0 Å². The van der Waals surface area contributed by atoms with Gasteiger partial charge in [0, 0.05) is 13.6 Å². The quantitative estimate of drug-likeness (QED) is 0.849. The molecule has 0 aromatic heterocycles. The van der Waals surface area contributed by atoms with Gasteiger partial charge in [-0.3, -0.25) is 4.79 Å². The first-order chi connectivity index (χ1) is 9.58. The first kappa shape index (κ1) is 14.7. The maximum Gasteiger partial charge on any atom is 0.233 e. The zero-order valence-corrected chi connectivity index (χ0v) is 12.2. The molecule has 1 aliphatic rings. The van der Waals surface area contributed by atoms with E-state index in [1.54, 1.807) is 26.2 Å². The number of methoxy groups -OCH3 is 2. The number of hydrogen-bond acceptors (Lipinski definition) is 4. The SMILES string of the molecule is COc1ccc(C2(C(=O)N(C)CCO)CC2)cc1OC. The molecular formula is C15H21NO4. The van der Waals surface area contributed by atoms with Crippen LogP contribution in [-0.2, 0) is 10.2 Å². The second kappa shape index (κ2) is 5.71. The summed E-state index contributed by atoms with van der Waals surface area (Å²) in [5, 5.41) is 8.96. The normalized spacial score (nSPS) is 15.6. The van der Waals surface area contributed by atoms with Crippen molar-refractivity contribution in [1.82, 2.24) is 4.90 Å². The minimum absolute atomic E-state index is 0.0236. The summed E-state index contributed by atoms with van der Waals surface area (Å²) in [6, 6.07) is 5.61. The Labute approximate surface area is 119 Å². The fraction of sp³-hybridized carbons (Fsp3) is 0.533. The lowest BCUT2D eigenvalue weighted by atomic mass is 9.94. The molecule has 1 fully saturated rings. The molecule has 0 heterocycles. The van der Waals surface area contributed by atoms with Gasteiger partial charge in [-0.15, -0.1) is 0 Å². The second-order valence-electron chi connectivity index (χ2n) is 5.10. The van der Waals surface area contributed by atoms with Gasteiger partial charge in [0.05, 0.1) is 26.2 Å². The largest absolute Gasteiger partial charge is 0.493 e. The highest BCUT2D eigenvalue weighted by Gasteiger charge is 2.52. The first-order valence-corrected chi connectivity index (χ1v) is 6.68. The Balaban J connectivity index is 2.28. The molecule has 0 aliphatic heterocycles. The summed E-state index contributed by atoms with van der Waals surface area (Å²) in [6.45, 7) is 0.331. The Bertz CT molecular complexity index is 497. The summed E-state index contributed by atoms with van der Waals surface area (Å²) in [4.78, 5) is 14.1. The Hall–Kier alpha value is -1.75. The molecule has 1 N–H and O–H groups in total. The third-order valence-electron chi connectivity index (χ3n) is 3.88. The van der Waals surface area contributed by atoms with Crippen molar-refractivity contribution in [3.05, 3.63) is 23.8 Å². The monoisotopic (exact) mass is 279 g/mol. The van der Waals surface area contributed by atoms with E-state index in [4.69, 9.17) is 14.6 Å². The Morgan fingerprint density at radius 3 is 2.45 bits per heavy atom. The Morgan fingerprint density at radius 2 is 1.95 bits per heavy atom. The summed E-state index contributed by atoms with van der Waals surface area (Å²) in [5.41, 5.74) is 0.494. The topological polar surface area (TPSA) is 59.0 Å². The molecule has 1 amide bonds. The van der Waals surface area contributed by atoms with E-state index in [1.165, 1.54) is 0 Å². The highest BCUT2D eigenvalue weighted by Crippen LogP contribution is 2.51. The molecular weight excluding hydrogens is 258 g/mol. The highest BCUT2D eigenvalue weighted by atomic mass is 16.5. The van der Waals surface area contributed by atoms with Gasteiger partial charge in [-0.05, 0) is 30.5 Å². The van der Waals surface area contributed by atoms with Crippen molar-refractivity contribution in [2.24, 2.45) is 0 Å². The molecule has 20 heavy (non-hydrogen) atoms. The van der Waals surface area contributed by atoms with Gasteiger partial charge in [0.15, 0.2) is 11.5 Å². The standard InChI is InChI=1S/C15H21NO4/c1-16(8-9-17)14(18)15(6-7-15)11-4-5-12(19-2)13(10-11)20-3/h4-5,10,17H,6-9H2,1-3H3. The molecule has 1 saturated carbocycles. The van der Waals surface area contributed by atoms with Crippen LogP contribution in [0.3, 0.4) is 0 Å². The summed E-state index contributed by atoms with van der Waals surface area (Å²) in [7, 11) is 4.89. The van der Waals surface area contributed by atoms with Crippen LogP contribution in [0.25, 0.3) is 0 Å². The number of carbonyl (C=O) groups excluding carboxylic acids is 1. The van der Waals surface area contributed by atoms with Crippen LogP contribution in [0, 0.1) is 0 Å². The van der Waals surface area contributed by atoms with Gasteiger partial charge in [-0.1, -0.05) is 6.07 Å². The number of benzene rings is 1. The zero-order valence-electron chi connectivity index (χ0n) is 12.2. The fourth-order valence-corrected chi connectivity index (χ4v) is 2.50. The third-order valence-corrected chi connectivity index (χ3v) is 3.88. The van der Waals surface area contributed by atoms with Gasteiger partial charge in [-0.2, -0.15) is 0 Å². The molecule has 0 bridgehead atoms. The minimum atomic E-state index is -0.455. The Kier molecular flexibility index (Phi) is 4.18. The lowest BCUT2D eigenvalue weighted by molar-refractivity contribution is -0.133. The molecule has 0 spiro atoms. The van der Waals surface area contributed by atoms with E-state index in [2.05, 4.69) is 0 Å². The maximum absolute atomic E-state index is 12.5. The van der Waals surface area contributed by atoms with Gasteiger partial charge < -0.3 is 19.5 Å². The molecule has 1 aromatic rings. The van der Waals surface area contributed by atoms with Crippen LogP contribution in [-0.4, -0.2) is 50.3 Å². The number of rotatable bonds is 6. The predicted octanol–water partition coefficient (Wildman–Crippen LogP) is 1.19. The van der Waals surface area contributed by atoms with Gasteiger partial charge in [0.25, 0.3) is 0 Å². The van der Waals surface area contributed by atoms with Gasteiger partial charge in [-0.25, -0.2) is 0 Å². The molecule has 0 saturated heterocycles. The molecule has 0 atom stereocenters. The molecule has 1 aliphatic carbocycles. The summed E-state index contributed by atoms with van der Waals surface area (Å²) in [5.74, 6) is 1.34. The number of amides is 1. The number of nitrogens with zero attached hydrogens (tertiary/aromatic N) is 1.